The van der Waals surface area contributed by atoms with Crippen LogP contribution in [0.25, 0.3) is 0 Å². The lowest BCUT2D eigenvalue weighted by Crippen LogP contribution is -2.08. The maximum Gasteiger partial charge on any atom is 0.103 e. The lowest BCUT2D eigenvalue weighted by atomic mass is 10.1. The van der Waals surface area contributed by atoms with Gasteiger partial charge in [-0.05, 0) is 44.0 Å². The second-order valence-corrected chi connectivity index (χ2v) is 5.64. The van der Waals surface area contributed by atoms with Crippen LogP contribution in [0.15, 0.2) is 24.3 Å². The Morgan fingerprint density at radius 3 is 2.67 bits per heavy atom. The van der Waals surface area contributed by atoms with Crippen LogP contribution >= 0.6 is 23.2 Å². The first-order chi connectivity index (χ1) is 10.0. The Bertz CT molecular complexity index is 705. The lowest BCUT2D eigenvalue weighted by molar-refractivity contribution is 1.01. The number of rotatable bonds is 4. The molecule has 0 saturated carbocycles. The SMILES string of the molecule is Cc1cc(NCCc2ccc(Cl)cc2Cl)c(C#N)c(C)n1. The van der Waals surface area contributed by atoms with Gasteiger partial charge in [0.05, 0.1) is 16.9 Å². The Kier molecular flexibility index (Phi) is 5.06. The Balaban J connectivity index is 2.09. The molecule has 1 aromatic heterocycles. The summed E-state index contributed by atoms with van der Waals surface area (Å²) in [6, 6.07) is 9.55. The molecule has 0 aliphatic carbocycles. The highest BCUT2D eigenvalue weighted by atomic mass is 35.5. The largest absolute Gasteiger partial charge is 0.384 e. The molecule has 1 N–H and O–H groups in total. The molecule has 0 amide bonds. The Morgan fingerprint density at radius 1 is 1.24 bits per heavy atom. The van der Waals surface area contributed by atoms with E-state index in [-0.39, 0.29) is 0 Å². The van der Waals surface area contributed by atoms with Crippen molar-refractivity contribution in [3.05, 3.63) is 56.8 Å². The van der Waals surface area contributed by atoms with Crippen LogP contribution in [0.1, 0.15) is 22.5 Å². The van der Waals surface area contributed by atoms with Crippen LogP contribution < -0.4 is 5.32 Å². The predicted octanol–water partition coefficient (Wildman–Crippen LogP) is 4.53. The summed E-state index contributed by atoms with van der Waals surface area (Å²) in [4.78, 5) is 4.30. The fourth-order valence-corrected chi connectivity index (χ4v) is 2.67. The van der Waals surface area contributed by atoms with Crippen LogP contribution in [0.3, 0.4) is 0 Å². The van der Waals surface area contributed by atoms with E-state index in [0.29, 0.717) is 22.2 Å². The molecule has 0 spiro atoms. The van der Waals surface area contributed by atoms with Gasteiger partial charge in [0.2, 0.25) is 0 Å². The molecule has 2 aromatic rings. The second kappa shape index (κ2) is 6.80. The number of anilines is 1. The van der Waals surface area contributed by atoms with E-state index >= 15 is 0 Å². The van der Waals surface area contributed by atoms with Crippen LogP contribution in [0, 0.1) is 25.2 Å². The molecule has 0 bridgehead atoms. The molecule has 108 valence electrons. The Labute approximate surface area is 134 Å². The summed E-state index contributed by atoms with van der Waals surface area (Å²) in [6.45, 7) is 4.43. The molecule has 0 radical (unpaired) electrons. The summed E-state index contributed by atoms with van der Waals surface area (Å²) in [5, 5.41) is 13.8. The molecule has 1 aromatic carbocycles. The molecule has 5 heteroatoms. The number of aromatic nitrogens is 1. The molecule has 2 rings (SSSR count). The van der Waals surface area contributed by atoms with Crippen LogP contribution in [0.4, 0.5) is 5.69 Å². The van der Waals surface area contributed by atoms with Crippen molar-refractivity contribution >= 4 is 28.9 Å². The van der Waals surface area contributed by atoms with E-state index in [1.165, 1.54) is 0 Å². The maximum absolute atomic E-state index is 9.22. The highest BCUT2D eigenvalue weighted by Crippen LogP contribution is 2.22. The summed E-state index contributed by atoms with van der Waals surface area (Å²) in [5.74, 6) is 0. The normalized spacial score (nSPS) is 10.2. The zero-order valence-electron chi connectivity index (χ0n) is 11.9. The molecule has 0 atom stereocenters. The molecule has 0 aliphatic rings. The van der Waals surface area contributed by atoms with Crippen molar-refractivity contribution < 1.29 is 0 Å². The third-order valence-electron chi connectivity index (χ3n) is 3.17. The molecular weight excluding hydrogens is 305 g/mol. The van der Waals surface area contributed by atoms with Crippen LogP contribution in [-0.2, 0) is 6.42 Å². The third kappa shape index (κ3) is 3.87. The third-order valence-corrected chi connectivity index (χ3v) is 3.75. The highest BCUT2D eigenvalue weighted by Gasteiger charge is 2.08. The van der Waals surface area contributed by atoms with Gasteiger partial charge >= 0.3 is 0 Å². The van der Waals surface area contributed by atoms with Gasteiger partial charge in [-0.25, -0.2) is 0 Å². The summed E-state index contributed by atoms with van der Waals surface area (Å²) in [7, 11) is 0. The fraction of sp³-hybridized carbons (Fsp3) is 0.250. The fourth-order valence-electron chi connectivity index (χ4n) is 2.17. The lowest BCUT2D eigenvalue weighted by Gasteiger charge is -2.11. The van der Waals surface area contributed by atoms with Crippen LogP contribution in [0.2, 0.25) is 10.0 Å². The summed E-state index contributed by atoms with van der Waals surface area (Å²) in [5.41, 5.74) is 4.05. The number of halogens is 2. The number of nitriles is 1. The number of hydrogen-bond acceptors (Lipinski definition) is 3. The minimum Gasteiger partial charge on any atom is -0.384 e. The Hall–Kier alpha value is -1.76. The van der Waals surface area contributed by atoms with Crippen molar-refractivity contribution in [2.24, 2.45) is 0 Å². The molecule has 0 fully saturated rings. The minimum absolute atomic E-state index is 0.586. The predicted molar refractivity (Wildman–Crippen MR) is 87.1 cm³/mol. The average molecular weight is 320 g/mol. The standard InChI is InChI=1S/C16H15Cl2N3/c1-10-7-16(14(9-19)11(2)21-10)20-6-5-12-3-4-13(17)8-15(12)18/h3-4,7-8H,5-6H2,1-2H3,(H,20,21). The first-order valence-corrected chi connectivity index (χ1v) is 7.33. The average Bonchev–Trinajstić information content (AvgIpc) is 2.41. The number of nitrogens with one attached hydrogen (secondary N) is 1. The van der Waals surface area contributed by atoms with Crippen molar-refractivity contribution in [2.45, 2.75) is 20.3 Å². The van der Waals surface area contributed by atoms with Gasteiger partial charge in [0.15, 0.2) is 0 Å². The van der Waals surface area contributed by atoms with Crippen molar-refractivity contribution in [2.75, 3.05) is 11.9 Å². The molecule has 1 heterocycles. The van der Waals surface area contributed by atoms with Gasteiger partial charge in [-0.15, -0.1) is 0 Å². The first kappa shape index (κ1) is 15.6. The van der Waals surface area contributed by atoms with Crippen LogP contribution in [0.5, 0.6) is 0 Å². The minimum atomic E-state index is 0.586. The molecule has 0 saturated heterocycles. The van der Waals surface area contributed by atoms with E-state index in [9.17, 15) is 5.26 Å². The van der Waals surface area contributed by atoms with Crippen molar-refractivity contribution in [1.29, 1.82) is 5.26 Å². The summed E-state index contributed by atoms with van der Waals surface area (Å²) < 4.78 is 0. The van der Waals surface area contributed by atoms with E-state index in [1.807, 2.05) is 32.0 Å². The number of benzene rings is 1. The zero-order chi connectivity index (χ0) is 15.4. The first-order valence-electron chi connectivity index (χ1n) is 6.57. The van der Waals surface area contributed by atoms with Gasteiger partial charge < -0.3 is 5.32 Å². The van der Waals surface area contributed by atoms with E-state index in [0.717, 1.165) is 29.1 Å². The van der Waals surface area contributed by atoms with Crippen molar-refractivity contribution in [3.63, 3.8) is 0 Å². The number of nitrogens with zero attached hydrogens (tertiary/aromatic N) is 2. The van der Waals surface area contributed by atoms with Crippen LogP contribution in [-0.4, -0.2) is 11.5 Å². The van der Waals surface area contributed by atoms with E-state index < -0.39 is 0 Å². The molecule has 0 unspecified atom stereocenters. The Morgan fingerprint density at radius 2 is 2.00 bits per heavy atom. The molecular formula is C16H15Cl2N3. The van der Waals surface area contributed by atoms with Gasteiger partial charge in [0, 0.05) is 22.3 Å². The van der Waals surface area contributed by atoms with E-state index in [1.54, 1.807) is 6.07 Å². The molecule has 21 heavy (non-hydrogen) atoms. The van der Waals surface area contributed by atoms with E-state index in [4.69, 9.17) is 23.2 Å². The molecule has 3 nitrogen and oxygen atoms in total. The number of pyridine rings is 1. The summed E-state index contributed by atoms with van der Waals surface area (Å²) >= 11 is 12.0. The number of aryl methyl sites for hydroxylation is 2. The van der Waals surface area contributed by atoms with Gasteiger partial charge in [-0.1, -0.05) is 29.3 Å². The van der Waals surface area contributed by atoms with Gasteiger partial charge in [0.25, 0.3) is 0 Å². The zero-order valence-corrected chi connectivity index (χ0v) is 13.4. The van der Waals surface area contributed by atoms with Crippen molar-refractivity contribution in [3.8, 4) is 6.07 Å². The number of hydrogen-bond donors (Lipinski definition) is 1. The van der Waals surface area contributed by atoms with Gasteiger partial charge in [-0.2, -0.15) is 5.26 Å². The topological polar surface area (TPSA) is 48.7 Å². The maximum atomic E-state index is 9.22. The van der Waals surface area contributed by atoms with E-state index in [2.05, 4.69) is 16.4 Å². The van der Waals surface area contributed by atoms with Gasteiger partial charge in [-0.3, -0.25) is 4.98 Å². The van der Waals surface area contributed by atoms with Crippen molar-refractivity contribution in [1.82, 2.24) is 4.98 Å². The smallest absolute Gasteiger partial charge is 0.103 e. The summed E-state index contributed by atoms with van der Waals surface area (Å²) in [6.07, 6.45) is 0.751. The quantitative estimate of drug-likeness (QED) is 0.900. The van der Waals surface area contributed by atoms with Gasteiger partial charge in [0.1, 0.15) is 6.07 Å². The monoisotopic (exact) mass is 319 g/mol. The molecule has 0 aliphatic heterocycles. The second-order valence-electron chi connectivity index (χ2n) is 4.80. The highest BCUT2D eigenvalue weighted by molar-refractivity contribution is 6.35.